The van der Waals surface area contributed by atoms with Crippen LogP contribution in [0.15, 0.2) is 18.2 Å². The number of rotatable bonds is 6. The van der Waals surface area contributed by atoms with E-state index in [2.05, 4.69) is 0 Å². The second kappa shape index (κ2) is 7.60. The summed E-state index contributed by atoms with van der Waals surface area (Å²) in [5, 5.41) is 0.290. The van der Waals surface area contributed by atoms with E-state index >= 15 is 0 Å². The Kier molecular flexibility index (Phi) is 6.45. The number of hydrogen-bond donors (Lipinski definition) is 0. The summed E-state index contributed by atoms with van der Waals surface area (Å²) in [6.45, 7) is 0. The first-order valence-corrected chi connectivity index (χ1v) is 7.76. The van der Waals surface area contributed by atoms with Gasteiger partial charge in [0, 0.05) is 47.8 Å². The van der Waals surface area contributed by atoms with Gasteiger partial charge in [-0.25, -0.2) is 4.39 Å². The van der Waals surface area contributed by atoms with Crippen LogP contribution >= 0.6 is 11.6 Å². The van der Waals surface area contributed by atoms with E-state index in [1.54, 1.807) is 20.2 Å². The van der Waals surface area contributed by atoms with E-state index in [1.807, 2.05) is 0 Å². The molecule has 0 bridgehead atoms. The standard InChI is InChI=1S/C13H17ClFNO2S/c1-16(2)13(17)4-3-7-19(18)9-10-5-6-11(15)8-12(10)14/h5-6,8H,3-4,7,9H2,1-2H3. The third kappa shape index (κ3) is 5.70. The van der Waals surface area contributed by atoms with Crippen molar-refractivity contribution in [2.75, 3.05) is 19.8 Å². The van der Waals surface area contributed by atoms with Crippen molar-refractivity contribution in [3.63, 3.8) is 0 Å². The summed E-state index contributed by atoms with van der Waals surface area (Å²) in [5.74, 6) is 0.343. The van der Waals surface area contributed by atoms with Crippen molar-refractivity contribution in [2.24, 2.45) is 0 Å². The van der Waals surface area contributed by atoms with Gasteiger partial charge in [0.15, 0.2) is 0 Å². The van der Waals surface area contributed by atoms with Crippen molar-refractivity contribution in [2.45, 2.75) is 18.6 Å². The zero-order chi connectivity index (χ0) is 14.4. The summed E-state index contributed by atoms with van der Waals surface area (Å²) in [6.07, 6.45) is 0.957. The highest BCUT2D eigenvalue weighted by molar-refractivity contribution is 7.84. The van der Waals surface area contributed by atoms with Crippen LogP contribution in [-0.4, -0.2) is 34.9 Å². The highest BCUT2D eigenvalue weighted by Gasteiger charge is 2.09. The molecule has 0 radical (unpaired) electrons. The smallest absolute Gasteiger partial charge is 0.222 e. The first kappa shape index (κ1) is 16.1. The van der Waals surface area contributed by atoms with Crippen LogP contribution < -0.4 is 0 Å². The molecule has 0 aliphatic heterocycles. The number of benzene rings is 1. The van der Waals surface area contributed by atoms with E-state index in [9.17, 15) is 13.4 Å². The average molecular weight is 306 g/mol. The Morgan fingerprint density at radius 2 is 2.11 bits per heavy atom. The van der Waals surface area contributed by atoms with Crippen molar-refractivity contribution in [3.05, 3.63) is 34.6 Å². The first-order valence-electron chi connectivity index (χ1n) is 5.89. The van der Waals surface area contributed by atoms with Crippen LogP contribution in [0, 0.1) is 5.82 Å². The van der Waals surface area contributed by atoms with Crippen LogP contribution in [0.5, 0.6) is 0 Å². The number of halogens is 2. The normalized spacial score (nSPS) is 12.2. The molecule has 19 heavy (non-hydrogen) atoms. The van der Waals surface area contributed by atoms with Gasteiger partial charge in [0.2, 0.25) is 5.91 Å². The van der Waals surface area contributed by atoms with E-state index in [0.717, 1.165) is 0 Å². The van der Waals surface area contributed by atoms with Gasteiger partial charge in [-0.2, -0.15) is 0 Å². The van der Waals surface area contributed by atoms with Crippen LogP contribution in [0.1, 0.15) is 18.4 Å². The fourth-order valence-electron chi connectivity index (χ4n) is 1.49. The Morgan fingerprint density at radius 1 is 1.42 bits per heavy atom. The Labute approximate surface area is 120 Å². The lowest BCUT2D eigenvalue weighted by Gasteiger charge is -2.09. The molecule has 1 aromatic rings. The minimum absolute atomic E-state index is 0.0248. The van der Waals surface area contributed by atoms with Crippen LogP contribution in [0.3, 0.4) is 0 Å². The van der Waals surface area contributed by atoms with Gasteiger partial charge in [0.05, 0.1) is 0 Å². The average Bonchev–Trinajstić information content (AvgIpc) is 2.32. The topological polar surface area (TPSA) is 37.4 Å². The Balaban J connectivity index is 2.41. The number of carbonyl (C=O) groups excluding carboxylic acids is 1. The zero-order valence-corrected chi connectivity index (χ0v) is 12.6. The number of hydrogen-bond acceptors (Lipinski definition) is 2. The molecule has 0 aliphatic rings. The van der Waals surface area contributed by atoms with Crippen LogP contribution in [-0.2, 0) is 21.3 Å². The van der Waals surface area contributed by atoms with Gasteiger partial charge in [-0.05, 0) is 24.1 Å². The van der Waals surface area contributed by atoms with Crippen LogP contribution in [0.2, 0.25) is 5.02 Å². The molecule has 0 N–H and O–H groups in total. The van der Waals surface area contributed by atoms with E-state index in [0.29, 0.717) is 24.2 Å². The molecule has 3 nitrogen and oxygen atoms in total. The maximum atomic E-state index is 12.8. The van der Waals surface area contributed by atoms with E-state index in [-0.39, 0.29) is 16.7 Å². The maximum Gasteiger partial charge on any atom is 0.222 e. The molecular weight excluding hydrogens is 289 g/mol. The van der Waals surface area contributed by atoms with Gasteiger partial charge in [-0.3, -0.25) is 9.00 Å². The molecule has 1 amide bonds. The second-order valence-corrected chi connectivity index (χ2v) is 6.40. The van der Waals surface area contributed by atoms with Gasteiger partial charge in [-0.15, -0.1) is 0 Å². The highest BCUT2D eigenvalue weighted by Crippen LogP contribution is 2.19. The van der Waals surface area contributed by atoms with Crippen molar-refractivity contribution in [1.82, 2.24) is 4.90 Å². The molecule has 106 valence electrons. The van der Waals surface area contributed by atoms with E-state index in [4.69, 9.17) is 11.6 Å². The third-order valence-electron chi connectivity index (χ3n) is 2.59. The Hall–Kier alpha value is -0.940. The zero-order valence-electron chi connectivity index (χ0n) is 11.0. The summed E-state index contributed by atoms with van der Waals surface area (Å²) >= 11 is 5.86. The summed E-state index contributed by atoms with van der Waals surface area (Å²) < 4.78 is 24.7. The molecule has 1 rings (SSSR count). The minimum atomic E-state index is -1.10. The van der Waals surface area contributed by atoms with Crippen molar-refractivity contribution in [1.29, 1.82) is 0 Å². The Morgan fingerprint density at radius 3 is 2.68 bits per heavy atom. The molecule has 0 fully saturated rings. The van der Waals surface area contributed by atoms with Crippen LogP contribution in [0.25, 0.3) is 0 Å². The van der Waals surface area contributed by atoms with Gasteiger partial charge in [0.25, 0.3) is 0 Å². The van der Waals surface area contributed by atoms with Crippen molar-refractivity contribution >= 4 is 28.3 Å². The summed E-state index contributed by atoms with van der Waals surface area (Å²) in [4.78, 5) is 12.9. The van der Waals surface area contributed by atoms with Gasteiger partial charge in [-0.1, -0.05) is 17.7 Å². The summed E-state index contributed by atoms with van der Waals surface area (Å²) in [5.41, 5.74) is 0.667. The molecule has 1 atom stereocenters. The molecule has 1 aromatic carbocycles. The van der Waals surface area contributed by atoms with Gasteiger partial charge < -0.3 is 4.90 Å². The second-order valence-electron chi connectivity index (χ2n) is 4.42. The SMILES string of the molecule is CN(C)C(=O)CCCS(=O)Cc1ccc(F)cc1Cl. The van der Waals surface area contributed by atoms with E-state index in [1.165, 1.54) is 17.0 Å². The number of carbonyl (C=O) groups is 1. The summed E-state index contributed by atoms with van der Waals surface area (Å²) in [7, 11) is 2.29. The lowest BCUT2D eigenvalue weighted by Crippen LogP contribution is -2.21. The number of nitrogens with zero attached hydrogens (tertiary/aromatic N) is 1. The molecule has 1 unspecified atom stereocenters. The molecule has 6 heteroatoms. The molecular formula is C13H17ClFNO2S. The molecule has 0 heterocycles. The molecule has 0 saturated heterocycles. The van der Waals surface area contributed by atoms with E-state index < -0.39 is 16.6 Å². The number of amides is 1. The monoisotopic (exact) mass is 305 g/mol. The Bertz CT molecular complexity index is 480. The van der Waals surface area contributed by atoms with Gasteiger partial charge >= 0.3 is 0 Å². The lowest BCUT2D eigenvalue weighted by molar-refractivity contribution is -0.128. The fourth-order valence-corrected chi connectivity index (χ4v) is 3.01. The third-order valence-corrected chi connectivity index (χ3v) is 4.32. The predicted molar refractivity (Wildman–Crippen MR) is 76.1 cm³/mol. The highest BCUT2D eigenvalue weighted by atomic mass is 35.5. The quantitative estimate of drug-likeness (QED) is 0.810. The van der Waals surface area contributed by atoms with Crippen molar-refractivity contribution in [3.8, 4) is 0 Å². The van der Waals surface area contributed by atoms with Crippen molar-refractivity contribution < 1.29 is 13.4 Å². The summed E-state index contributed by atoms with van der Waals surface area (Å²) in [6, 6.07) is 4.05. The fraction of sp³-hybridized carbons (Fsp3) is 0.462. The molecule has 0 aliphatic carbocycles. The largest absolute Gasteiger partial charge is 0.349 e. The first-order chi connectivity index (χ1) is 8.90. The van der Waals surface area contributed by atoms with Crippen LogP contribution in [0.4, 0.5) is 4.39 Å². The minimum Gasteiger partial charge on any atom is -0.349 e. The molecule has 0 spiro atoms. The molecule has 0 aromatic heterocycles. The molecule has 0 saturated carbocycles. The lowest BCUT2D eigenvalue weighted by atomic mass is 10.2. The van der Waals surface area contributed by atoms with Gasteiger partial charge in [0.1, 0.15) is 5.82 Å². The maximum absolute atomic E-state index is 12.8. The predicted octanol–water partition coefficient (Wildman–Crippen LogP) is 2.60.